The number of aryl methyl sites for hydroxylation is 1. The summed E-state index contributed by atoms with van der Waals surface area (Å²) in [6.45, 7) is 3.35. The maximum Gasteiger partial charge on any atom is 0.339 e. The number of nitrogens with zero attached hydrogens (tertiary/aromatic N) is 3. The maximum atomic E-state index is 11.0. The molecule has 0 saturated carbocycles. The van der Waals surface area contributed by atoms with E-state index < -0.39 is 5.97 Å². The molecule has 0 fully saturated rings. The average Bonchev–Trinajstić information content (AvgIpc) is 2.70. The van der Waals surface area contributed by atoms with E-state index in [1.54, 1.807) is 19.2 Å². The number of rotatable bonds is 2. The van der Waals surface area contributed by atoms with Gasteiger partial charge in [0.15, 0.2) is 0 Å². The summed E-state index contributed by atoms with van der Waals surface area (Å²) < 4.78 is 1.50. The predicted molar refractivity (Wildman–Crippen MR) is 60.7 cm³/mol. The molecular formula is C9H8ClN3O2S. The van der Waals surface area contributed by atoms with Crippen molar-refractivity contribution in [2.45, 2.75) is 13.8 Å². The second kappa shape index (κ2) is 3.88. The van der Waals surface area contributed by atoms with Crippen LogP contribution in [0.4, 0.5) is 0 Å². The van der Waals surface area contributed by atoms with Crippen LogP contribution in [0, 0.1) is 13.8 Å². The molecule has 0 spiro atoms. The first-order chi connectivity index (χ1) is 7.50. The lowest BCUT2D eigenvalue weighted by molar-refractivity contribution is 0.0695. The van der Waals surface area contributed by atoms with Crippen LogP contribution in [0.2, 0.25) is 5.15 Å². The molecule has 2 aromatic rings. The molecule has 2 rings (SSSR count). The van der Waals surface area contributed by atoms with Crippen molar-refractivity contribution >= 4 is 28.9 Å². The van der Waals surface area contributed by atoms with Crippen molar-refractivity contribution in [3.8, 4) is 5.13 Å². The lowest BCUT2D eigenvalue weighted by atomic mass is 10.2. The van der Waals surface area contributed by atoms with Gasteiger partial charge in [-0.05, 0) is 13.8 Å². The third kappa shape index (κ3) is 1.70. The number of aromatic carboxylic acids is 1. The van der Waals surface area contributed by atoms with Crippen molar-refractivity contribution in [3.05, 3.63) is 27.5 Å². The number of thiazole rings is 1. The first-order valence-corrected chi connectivity index (χ1v) is 5.67. The number of hydrogen-bond acceptors (Lipinski definition) is 4. The number of carboxylic acids is 1. The highest BCUT2D eigenvalue weighted by molar-refractivity contribution is 7.12. The van der Waals surface area contributed by atoms with Gasteiger partial charge in [-0.1, -0.05) is 11.6 Å². The van der Waals surface area contributed by atoms with Gasteiger partial charge in [0.2, 0.25) is 5.13 Å². The molecule has 0 unspecified atom stereocenters. The number of carboxylic acid groups (broad SMARTS) is 1. The highest BCUT2D eigenvalue weighted by atomic mass is 35.5. The SMILES string of the molecule is Cc1nn(-c2nc(Cl)cs2)c(C)c1C(=O)O. The van der Waals surface area contributed by atoms with E-state index in [1.807, 2.05) is 0 Å². The molecule has 0 radical (unpaired) electrons. The first-order valence-electron chi connectivity index (χ1n) is 4.41. The summed E-state index contributed by atoms with van der Waals surface area (Å²) in [4.78, 5) is 15.0. The molecule has 0 aliphatic heterocycles. The third-order valence-electron chi connectivity index (χ3n) is 2.15. The standard InChI is InChI=1S/C9H8ClN3O2S/c1-4-7(8(14)15)5(2)13(12-4)9-11-6(10)3-16-9/h3H,1-2H3,(H,14,15). The summed E-state index contributed by atoms with van der Waals surface area (Å²) in [5.41, 5.74) is 1.23. The van der Waals surface area contributed by atoms with Gasteiger partial charge in [-0.25, -0.2) is 14.5 Å². The van der Waals surface area contributed by atoms with Gasteiger partial charge in [-0.2, -0.15) is 5.10 Å². The Hall–Kier alpha value is -1.40. The summed E-state index contributed by atoms with van der Waals surface area (Å²) in [7, 11) is 0. The van der Waals surface area contributed by atoms with E-state index in [4.69, 9.17) is 16.7 Å². The lowest BCUT2D eigenvalue weighted by Crippen LogP contribution is -2.02. The summed E-state index contributed by atoms with van der Waals surface area (Å²) >= 11 is 7.03. The van der Waals surface area contributed by atoms with Crippen LogP contribution in [0.5, 0.6) is 0 Å². The zero-order valence-electron chi connectivity index (χ0n) is 8.56. The van der Waals surface area contributed by atoms with Crippen LogP contribution in [-0.4, -0.2) is 25.8 Å². The average molecular weight is 258 g/mol. The number of aromatic nitrogens is 3. The number of carbonyl (C=O) groups is 1. The van der Waals surface area contributed by atoms with Gasteiger partial charge in [0, 0.05) is 5.38 Å². The fourth-order valence-electron chi connectivity index (χ4n) is 1.48. The summed E-state index contributed by atoms with van der Waals surface area (Å²) in [6, 6.07) is 0. The van der Waals surface area contributed by atoms with E-state index in [0.29, 0.717) is 21.7 Å². The molecule has 16 heavy (non-hydrogen) atoms. The molecule has 2 aromatic heterocycles. The van der Waals surface area contributed by atoms with E-state index in [-0.39, 0.29) is 5.56 Å². The van der Waals surface area contributed by atoms with Crippen molar-refractivity contribution < 1.29 is 9.90 Å². The summed E-state index contributed by atoms with van der Waals surface area (Å²) in [5, 5.41) is 15.8. The molecule has 0 atom stereocenters. The van der Waals surface area contributed by atoms with Crippen molar-refractivity contribution in [1.29, 1.82) is 0 Å². The second-order valence-corrected chi connectivity index (χ2v) is 4.44. The Labute approximate surface area is 100 Å². The quantitative estimate of drug-likeness (QED) is 0.896. The van der Waals surface area contributed by atoms with Crippen LogP contribution in [0.25, 0.3) is 5.13 Å². The fourth-order valence-corrected chi connectivity index (χ4v) is 2.43. The highest BCUT2D eigenvalue weighted by Crippen LogP contribution is 2.22. The molecule has 2 heterocycles. The molecule has 0 aliphatic rings. The topological polar surface area (TPSA) is 68.0 Å². The normalized spacial score (nSPS) is 10.7. The minimum Gasteiger partial charge on any atom is -0.478 e. The molecular weight excluding hydrogens is 250 g/mol. The van der Waals surface area contributed by atoms with E-state index in [2.05, 4.69) is 10.1 Å². The molecule has 0 amide bonds. The monoisotopic (exact) mass is 257 g/mol. The zero-order chi connectivity index (χ0) is 11.9. The zero-order valence-corrected chi connectivity index (χ0v) is 10.1. The molecule has 5 nitrogen and oxygen atoms in total. The van der Waals surface area contributed by atoms with Gasteiger partial charge in [-0.3, -0.25) is 0 Å². The predicted octanol–water partition coefficient (Wildman–Crippen LogP) is 2.30. The van der Waals surface area contributed by atoms with Crippen LogP contribution in [-0.2, 0) is 0 Å². The largest absolute Gasteiger partial charge is 0.478 e. The fraction of sp³-hybridized carbons (Fsp3) is 0.222. The summed E-state index contributed by atoms with van der Waals surface area (Å²) in [6.07, 6.45) is 0. The van der Waals surface area contributed by atoms with Crippen LogP contribution in [0.15, 0.2) is 5.38 Å². The number of hydrogen-bond donors (Lipinski definition) is 1. The Morgan fingerprint density at radius 2 is 2.25 bits per heavy atom. The van der Waals surface area contributed by atoms with E-state index >= 15 is 0 Å². The van der Waals surface area contributed by atoms with Crippen LogP contribution >= 0.6 is 22.9 Å². The minimum absolute atomic E-state index is 0.214. The van der Waals surface area contributed by atoms with E-state index in [1.165, 1.54) is 16.0 Å². The van der Waals surface area contributed by atoms with E-state index in [9.17, 15) is 4.79 Å². The Kier molecular flexibility index (Phi) is 2.69. The first kappa shape index (κ1) is 11.1. The molecule has 0 saturated heterocycles. The van der Waals surface area contributed by atoms with Gasteiger partial charge >= 0.3 is 5.97 Å². The smallest absolute Gasteiger partial charge is 0.339 e. The van der Waals surface area contributed by atoms with Crippen LogP contribution < -0.4 is 0 Å². The Balaban J connectivity index is 2.59. The summed E-state index contributed by atoms with van der Waals surface area (Å²) in [5.74, 6) is -0.982. The Morgan fingerprint density at radius 3 is 2.69 bits per heavy atom. The van der Waals surface area contributed by atoms with Gasteiger partial charge < -0.3 is 5.11 Å². The molecule has 0 aliphatic carbocycles. The Morgan fingerprint density at radius 1 is 1.56 bits per heavy atom. The second-order valence-electron chi connectivity index (χ2n) is 3.22. The van der Waals surface area contributed by atoms with Gasteiger partial charge in [-0.15, -0.1) is 11.3 Å². The molecule has 1 N–H and O–H groups in total. The lowest BCUT2D eigenvalue weighted by Gasteiger charge is -1.98. The maximum absolute atomic E-state index is 11.0. The molecule has 0 bridgehead atoms. The van der Waals surface area contributed by atoms with Crippen LogP contribution in [0.3, 0.4) is 0 Å². The minimum atomic E-state index is -0.982. The number of halogens is 1. The third-order valence-corrected chi connectivity index (χ3v) is 3.29. The van der Waals surface area contributed by atoms with Crippen molar-refractivity contribution in [3.63, 3.8) is 0 Å². The molecule has 7 heteroatoms. The van der Waals surface area contributed by atoms with Gasteiger partial charge in [0.1, 0.15) is 10.7 Å². The van der Waals surface area contributed by atoms with Gasteiger partial charge in [0.05, 0.1) is 11.4 Å². The van der Waals surface area contributed by atoms with Crippen molar-refractivity contribution in [1.82, 2.24) is 14.8 Å². The highest BCUT2D eigenvalue weighted by Gasteiger charge is 2.19. The van der Waals surface area contributed by atoms with Gasteiger partial charge in [0.25, 0.3) is 0 Å². The molecule has 84 valence electrons. The van der Waals surface area contributed by atoms with Crippen LogP contribution in [0.1, 0.15) is 21.7 Å². The van der Waals surface area contributed by atoms with E-state index in [0.717, 1.165) is 0 Å². The van der Waals surface area contributed by atoms with Crippen molar-refractivity contribution in [2.75, 3.05) is 0 Å². The Bertz CT molecular complexity index is 561. The van der Waals surface area contributed by atoms with Crippen molar-refractivity contribution in [2.24, 2.45) is 0 Å². The molecule has 0 aromatic carbocycles.